The Kier molecular flexibility index (Phi) is 3.00. The van der Waals surface area contributed by atoms with E-state index in [2.05, 4.69) is 5.32 Å². The van der Waals surface area contributed by atoms with E-state index in [4.69, 9.17) is 14.7 Å². The van der Waals surface area contributed by atoms with Crippen LogP contribution in [0.4, 0.5) is 0 Å². The van der Waals surface area contributed by atoms with Gasteiger partial charge in [-0.25, -0.2) is 0 Å². The topological polar surface area (TPSA) is 54.3 Å². The van der Waals surface area contributed by atoms with Crippen LogP contribution in [-0.4, -0.2) is 32.5 Å². The second-order valence-electron chi connectivity index (χ2n) is 2.10. The molecular weight excluding hydrogens is 132 g/mol. The van der Waals surface area contributed by atoms with Gasteiger partial charge in [-0.3, -0.25) is 0 Å². The molecule has 1 fully saturated rings. The van der Waals surface area contributed by atoms with E-state index >= 15 is 0 Å². The summed E-state index contributed by atoms with van der Waals surface area (Å²) in [4.78, 5) is 0. The molecule has 0 aromatic rings. The van der Waals surface area contributed by atoms with Crippen molar-refractivity contribution in [2.75, 3.05) is 26.4 Å². The third-order valence-electron chi connectivity index (χ3n) is 1.28. The van der Waals surface area contributed by atoms with Gasteiger partial charge in [0.1, 0.15) is 0 Å². The number of rotatable bonds is 1. The summed E-state index contributed by atoms with van der Waals surface area (Å²) in [5, 5.41) is 10.8. The van der Waals surface area contributed by atoms with E-state index in [1.807, 2.05) is 6.19 Å². The average molecular weight is 142 g/mol. The van der Waals surface area contributed by atoms with Gasteiger partial charge in [0.15, 0.2) is 6.19 Å². The molecule has 4 nitrogen and oxygen atoms in total. The highest BCUT2D eigenvalue weighted by molar-refractivity contribution is 4.76. The molecule has 10 heavy (non-hydrogen) atoms. The number of nitrogens with zero attached hydrogens (tertiary/aromatic N) is 1. The molecular formula is C6H10N2O2. The zero-order valence-electron chi connectivity index (χ0n) is 5.67. The van der Waals surface area contributed by atoms with Crippen LogP contribution in [0.5, 0.6) is 0 Å². The highest BCUT2D eigenvalue weighted by atomic mass is 16.5. The van der Waals surface area contributed by atoms with Gasteiger partial charge in [-0.2, -0.15) is 5.26 Å². The fraction of sp³-hybridized carbons (Fsp3) is 0.833. The van der Waals surface area contributed by atoms with Crippen LogP contribution in [0.3, 0.4) is 0 Å². The van der Waals surface area contributed by atoms with E-state index in [-0.39, 0.29) is 6.04 Å². The average Bonchev–Trinajstić information content (AvgIpc) is 2.17. The minimum atomic E-state index is 0.0347. The van der Waals surface area contributed by atoms with Gasteiger partial charge in [-0.05, 0) is 0 Å². The molecule has 4 heteroatoms. The molecule has 1 aliphatic heterocycles. The van der Waals surface area contributed by atoms with Crippen LogP contribution in [-0.2, 0) is 9.47 Å². The Hall–Kier alpha value is -0.790. The summed E-state index contributed by atoms with van der Waals surface area (Å²) in [5.41, 5.74) is 0. The summed E-state index contributed by atoms with van der Waals surface area (Å²) in [6.45, 7) is 2.38. The molecule has 0 saturated carbocycles. The fourth-order valence-corrected chi connectivity index (χ4v) is 0.792. The number of ether oxygens (including phenoxy) is 2. The first-order chi connectivity index (χ1) is 4.93. The van der Waals surface area contributed by atoms with Crippen molar-refractivity contribution in [3.8, 4) is 6.19 Å². The summed E-state index contributed by atoms with van der Waals surface area (Å²) in [6, 6.07) is 0.0347. The van der Waals surface area contributed by atoms with E-state index in [0.717, 1.165) is 0 Å². The lowest BCUT2D eigenvalue weighted by molar-refractivity contribution is 0.103. The smallest absolute Gasteiger partial charge is 0.176 e. The van der Waals surface area contributed by atoms with E-state index in [1.165, 1.54) is 0 Å². The van der Waals surface area contributed by atoms with E-state index in [1.54, 1.807) is 0 Å². The molecule has 1 N–H and O–H groups in total. The van der Waals surface area contributed by atoms with E-state index < -0.39 is 0 Å². The van der Waals surface area contributed by atoms with Crippen molar-refractivity contribution in [2.45, 2.75) is 6.04 Å². The molecule has 0 radical (unpaired) electrons. The van der Waals surface area contributed by atoms with Crippen LogP contribution in [0, 0.1) is 11.5 Å². The summed E-state index contributed by atoms with van der Waals surface area (Å²) in [7, 11) is 0. The van der Waals surface area contributed by atoms with E-state index in [0.29, 0.717) is 26.4 Å². The molecule has 0 atom stereocenters. The summed E-state index contributed by atoms with van der Waals surface area (Å²) < 4.78 is 10.2. The fourth-order valence-electron chi connectivity index (χ4n) is 0.792. The monoisotopic (exact) mass is 142 g/mol. The third kappa shape index (κ3) is 2.21. The zero-order chi connectivity index (χ0) is 7.23. The summed E-state index contributed by atoms with van der Waals surface area (Å²) in [6.07, 6.45) is 1.86. The standard InChI is InChI=1S/C6H10N2O2/c7-5-8-6-3-9-1-2-10-4-6/h6,8H,1-4H2. The van der Waals surface area contributed by atoms with Crippen molar-refractivity contribution in [3.05, 3.63) is 0 Å². The van der Waals surface area contributed by atoms with Gasteiger partial charge in [0, 0.05) is 0 Å². The second kappa shape index (κ2) is 4.09. The number of hydrogen-bond donors (Lipinski definition) is 1. The predicted octanol–water partition coefficient (Wildman–Crippen LogP) is -0.528. The molecule has 1 heterocycles. The first kappa shape index (κ1) is 7.32. The molecule has 0 unspecified atom stereocenters. The second-order valence-corrected chi connectivity index (χ2v) is 2.10. The third-order valence-corrected chi connectivity index (χ3v) is 1.28. The van der Waals surface area contributed by atoms with Crippen molar-refractivity contribution in [2.24, 2.45) is 0 Å². The van der Waals surface area contributed by atoms with Gasteiger partial charge in [0.05, 0.1) is 32.5 Å². The van der Waals surface area contributed by atoms with Crippen LogP contribution in [0.1, 0.15) is 0 Å². The SMILES string of the molecule is N#CNC1COCCOC1. The van der Waals surface area contributed by atoms with Gasteiger partial charge < -0.3 is 14.8 Å². The minimum Gasteiger partial charge on any atom is -0.377 e. The maximum Gasteiger partial charge on any atom is 0.176 e. The first-order valence-electron chi connectivity index (χ1n) is 3.23. The van der Waals surface area contributed by atoms with Crippen molar-refractivity contribution < 1.29 is 9.47 Å². The lowest BCUT2D eigenvalue weighted by Gasteiger charge is -2.08. The largest absolute Gasteiger partial charge is 0.377 e. The Balaban J connectivity index is 2.23. The highest BCUT2D eigenvalue weighted by Crippen LogP contribution is 1.93. The highest BCUT2D eigenvalue weighted by Gasteiger charge is 2.10. The normalized spacial score (nSPS) is 21.1. The predicted molar refractivity (Wildman–Crippen MR) is 34.2 cm³/mol. The Bertz CT molecular complexity index is 124. The quantitative estimate of drug-likeness (QED) is 0.395. The molecule has 1 rings (SSSR count). The van der Waals surface area contributed by atoms with Crippen LogP contribution >= 0.6 is 0 Å². The molecule has 1 aliphatic rings. The van der Waals surface area contributed by atoms with Crippen LogP contribution in [0.15, 0.2) is 0 Å². The van der Waals surface area contributed by atoms with Gasteiger partial charge in [0.25, 0.3) is 0 Å². The Labute approximate surface area is 59.7 Å². The molecule has 0 bridgehead atoms. The molecule has 0 aliphatic carbocycles. The van der Waals surface area contributed by atoms with Crippen molar-refractivity contribution >= 4 is 0 Å². The molecule has 0 aromatic heterocycles. The first-order valence-corrected chi connectivity index (χ1v) is 3.23. The molecule has 0 amide bonds. The molecule has 56 valence electrons. The van der Waals surface area contributed by atoms with Crippen LogP contribution in [0.2, 0.25) is 0 Å². The maximum atomic E-state index is 8.24. The summed E-state index contributed by atoms with van der Waals surface area (Å²) >= 11 is 0. The maximum absolute atomic E-state index is 8.24. The van der Waals surface area contributed by atoms with Gasteiger partial charge in [-0.15, -0.1) is 0 Å². The lowest BCUT2D eigenvalue weighted by Crippen LogP contribution is -2.32. The minimum absolute atomic E-state index is 0.0347. The molecule has 0 spiro atoms. The van der Waals surface area contributed by atoms with Crippen molar-refractivity contribution in [1.29, 1.82) is 5.26 Å². The van der Waals surface area contributed by atoms with Crippen LogP contribution < -0.4 is 5.32 Å². The van der Waals surface area contributed by atoms with E-state index in [9.17, 15) is 0 Å². The Morgan fingerprint density at radius 1 is 1.30 bits per heavy atom. The van der Waals surface area contributed by atoms with Crippen molar-refractivity contribution in [3.63, 3.8) is 0 Å². The summed E-state index contributed by atoms with van der Waals surface area (Å²) in [5.74, 6) is 0. The number of nitriles is 1. The molecule has 1 saturated heterocycles. The lowest BCUT2D eigenvalue weighted by atomic mass is 10.3. The van der Waals surface area contributed by atoms with Crippen LogP contribution in [0.25, 0.3) is 0 Å². The Morgan fingerprint density at radius 2 is 1.90 bits per heavy atom. The van der Waals surface area contributed by atoms with Gasteiger partial charge in [0.2, 0.25) is 0 Å². The number of hydrogen-bond acceptors (Lipinski definition) is 4. The number of nitrogens with one attached hydrogen (secondary N) is 1. The van der Waals surface area contributed by atoms with Gasteiger partial charge in [-0.1, -0.05) is 0 Å². The Morgan fingerprint density at radius 3 is 2.40 bits per heavy atom. The molecule has 0 aromatic carbocycles. The van der Waals surface area contributed by atoms with Gasteiger partial charge >= 0.3 is 0 Å². The zero-order valence-corrected chi connectivity index (χ0v) is 5.67. The van der Waals surface area contributed by atoms with Crippen molar-refractivity contribution in [1.82, 2.24) is 5.32 Å².